The zero-order chi connectivity index (χ0) is 31.9. The van der Waals surface area contributed by atoms with E-state index < -0.39 is 59.2 Å². The highest BCUT2D eigenvalue weighted by Crippen LogP contribution is 2.10. The van der Waals surface area contributed by atoms with E-state index in [4.69, 9.17) is 15.6 Å². The number of Topliss-reactive ketones (excluding diaryl/α,β-unsaturated/α-hetero) is 1. The molecule has 0 radical (unpaired) electrons. The second-order valence-corrected chi connectivity index (χ2v) is 12.0. The molecule has 1 unspecified atom stereocenters. The highest BCUT2D eigenvalue weighted by atomic mass is 16.6. The highest BCUT2D eigenvalue weighted by molar-refractivity contribution is 5.93. The van der Waals surface area contributed by atoms with Gasteiger partial charge in [-0.2, -0.15) is 0 Å². The number of esters is 1. The number of carboxylic acids is 1. The Labute approximate surface area is 243 Å². The number of ketones is 1. The lowest BCUT2D eigenvalue weighted by Gasteiger charge is -2.26. The number of ether oxygens (including phenoxy) is 1. The van der Waals surface area contributed by atoms with Crippen molar-refractivity contribution in [3.8, 4) is 0 Å². The van der Waals surface area contributed by atoms with Crippen molar-refractivity contribution in [2.75, 3.05) is 13.1 Å². The van der Waals surface area contributed by atoms with Gasteiger partial charge in [0.15, 0.2) is 5.78 Å². The monoisotopic (exact) mass is 585 g/mol. The molecule has 0 saturated carbocycles. The second-order valence-electron chi connectivity index (χ2n) is 12.0. The number of hydrogen-bond acceptors (Lipinski definition) is 9. The van der Waals surface area contributed by atoms with Gasteiger partial charge in [0.25, 0.3) is 0 Å². The molecule has 236 valence electrons. The fourth-order valence-corrected chi connectivity index (χ4v) is 3.85. The smallest absolute Gasteiger partial charge is 0.325 e. The van der Waals surface area contributed by atoms with Crippen LogP contribution in [0.15, 0.2) is 0 Å². The lowest BCUT2D eigenvalue weighted by molar-refractivity contribution is -0.155. The molecular weight excluding hydrogens is 534 g/mol. The first kappa shape index (κ1) is 37.9. The van der Waals surface area contributed by atoms with Crippen molar-refractivity contribution in [3.63, 3.8) is 0 Å². The summed E-state index contributed by atoms with van der Waals surface area (Å²) in [6.45, 7) is 14.2. The maximum Gasteiger partial charge on any atom is 0.325 e. The second kappa shape index (κ2) is 18.4. The van der Waals surface area contributed by atoms with Gasteiger partial charge in [0.1, 0.15) is 11.6 Å². The molecule has 41 heavy (non-hydrogen) atoms. The van der Waals surface area contributed by atoms with Crippen LogP contribution in [0.3, 0.4) is 0 Å². The fourth-order valence-electron chi connectivity index (χ4n) is 3.85. The summed E-state index contributed by atoms with van der Waals surface area (Å²) in [6.07, 6.45) is 0.796. The topological polar surface area (TPSA) is 206 Å². The lowest BCUT2D eigenvalue weighted by atomic mass is 10.00. The van der Waals surface area contributed by atoms with Crippen LogP contribution in [0.25, 0.3) is 0 Å². The molecule has 0 aliphatic carbocycles. The molecule has 0 aliphatic rings. The molecule has 0 rings (SSSR count). The molecule has 0 aromatic carbocycles. The van der Waals surface area contributed by atoms with Crippen LogP contribution in [-0.4, -0.2) is 83.4 Å². The summed E-state index contributed by atoms with van der Waals surface area (Å²) in [5, 5.41) is 20.2. The van der Waals surface area contributed by atoms with E-state index in [9.17, 15) is 28.8 Å². The number of carbonyl (C=O) groups excluding carboxylic acids is 5. The summed E-state index contributed by atoms with van der Waals surface area (Å²) in [5.41, 5.74) is 4.70. The Morgan fingerprint density at radius 3 is 1.95 bits per heavy atom. The molecule has 13 heteroatoms. The van der Waals surface area contributed by atoms with E-state index in [1.54, 1.807) is 20.8 Å². The molecule has 0 aromatic heterocycles. The predicted molar refractivity (Wildman–Crippen MR) is 154 cm³/mol. The van der Waals surface area contributed by atoms with Gasteiger partial charge in [-0.1, -0.05) is 27.7 Å². The highest BCUT2D eigenvalue weighted by Gasteiger charge is 2.29. The minimum Gasteiger partial charge on any atom is -0.480 e. The van der Waals surface area contributed by atoms with Gasteiger partial charge in [0.2, 0.25) is 17.7 Å². The normalized spacial score (nSPS) is 14.6. The molecule has 0 saturated heterocycles. The summed E-state index contributed by atoms with van der Waals surface area (Å²) < 4.78 is 5.29. The molecule has 0 fully saturated rings. The fraction of sp³-hybridized carbons (Fsp3) is 0.786. The van der Waals surface area contributed by atoms with Crippen LogP contribution < -0.4 is 27.0 Å². The van der Waals surface area contributed by atoms with Gasteiger partial charge in [0, 0.05) is 12.8 Å². The van der Waals surface area contributed by atoms with Gasteiger partial charge in [-0.15, -0.1) is 0 Å². The SMILES string of the molecule is CC(C)C[C@H](NCC(=O)[C@H](CCC(N)=O)NC(=O)[C@@H](NCCCC(=O)OC(C)(C)C)C(C)C)C(=O)NC(C)C(=O)O. The van der Waals surface area contributed by atoms with E-state index >= 15 is 0 Å². The first-order valence-electron chi connectivity index (χ1n) is 14.2. The van der Waals surface area contributed by atoms with Crippen molar-refractivity contribution in [2.45, 2.75) is 117 Å². The molecule has 3 amide bonds. The summed E-state index contributed by atoms with van der Waals surface area (Å²) in [4.78, 5) is 73.5. The van der Waals surface area contributed by atoms with Crippen LogP contribution in [0.4, 0.5) is 0 Å². The quantitative estimate of drug-likeness (QED) is 0.0868. The van der Waals surface area contributed by atoms with Gasteiger partial charge in [0.05, 0.1) is 24.7 Å². The van der Waals surface area contributed by atoms with Gasteiger partial charge in [-0.25, -0.2) is 0 Å². The third-order valence-electron chi connectivity index (χ3n) is 5.95. The standard InChI is InChI=1S/C28H51N5O8/c1-16(2)14-20(25(37)32-18(5)27(39)40)31-15-21(34)19(11-12-22(29)35)33-26(38)24(17(3)4)30-13-9-10-23(36)41-28(6,7)8/h16-20,24,30-31H,9-15H2,1-8H3,(H2,29,35)(H,32,37)(H,33,38)(H,39,40)/t18?,19-,20-,24-/m0/s1. The van der Waals surface area contributed by atoms with Crippen molar-refractivity contribution in [2.24, 2.45) is 17.6 Å². The van der Waals surface area contributed by atoms with Crippen molar-refractivity contribution >= 4 is 35.4 Å². The molecule has 13 nitrogen and oxygen atoms in total. The van der Waals surface area contributed by atoms with Crippen LogP contribution >= 0.6 is 0 Å². The summed E-state index contributed by atoms with van der Waals surface area (Å²) in [7, 11) is 0. The van der Waals surface area contributed by atoms with Crippen molar-refractivity contribution in [3.05, 3.63) is 0 Å². The number of nitrogens with one attached hydrogen (secondary N) is 4. The van der Waals surface area contributed by atoms with E-state index in [1.807, 2.05) is 27.7 Å². The van der Waals surface area contributed by atoms with Crippen LogP contribution in [0.5, 0.6) is 0 Å². The zero-order valence-electron chi connectivity index (χ0n) is 25.8. The van der Waals surface area contributed by atoms with Crippen LogP contribution in [0.2, 0.25) is 0 Å². The number of rotatable bonds is 20. The van der Waals surface area contributed by atoms with Gasteiger partial charge in [-0.3, -0.25) is 34.1 Å². The Morgan fingerprint density at radius 1 is 0.854 bits per heavy atom. The molecule has 7 N–H and O–H groups in total. The lowest BCUT2D eigenvalue weighted by Crippen LogP contribution is -2.55. The van der Waals surface area contributed by atoms with Crippen LogP contribution in [-0.2, 0) is 33.5 Å². The number of aliphatic carboxylic acids is 1. The third kappa shape index (κ3) is 17.4. The number of hydrogen-bond donors (Lipinski definition) is 6. The van der Waals surface area contributed by atoms with Gasteiger partial charge in [-0.05, 0) is 65.3 Å². The minimum absolute atomic E-state index is 0.0257. The molecule has 0 aromatic rings. The number of nitrogens with two attached hydrogens (primary N) is 1. The molecule has 0 spiro atoms. The van der Waals surface area contributed by atoms with Crippen molar-refractivity contribution in [1.29, 1.82) is 0 Å². The summed E-state index contributed by atoms with van der Waals surface area (Å²) in [6, 6.07) is -3.68. The minimum atomic E-state index is -1.19. The maximum absolute atomic E-state index is 13.2. The van der Waals surface area contributed by atoms with Gasteiger partial charge < -0.3 is 31.5 Å². The Morgan fingerprint density at radius 2 is 1.46 bits per heavy atom. The Hall–Kier alpha value is -3.06. The summed E-state index contributed by atoms with van der Waals surface area (Å²) >= 11 is 0. The average Bonchev–Trinajstić information content (AvgIpc) is 2.81. The van der Waals surface area contributed by atoms with Crippen LogP contribution in [0, 0.1) is 11.8 Å². The first-order valence-corrected chi connectivity index (χ1v) is 14.2. The van der Waals surface area contributed by atoms with E-state index in [-0.39, 0.29) is 43.6 Å². The van der Waals surface area contributed by atoms with E-state index in [0.29, 0.717) is 19.4 Å². The molecular formula is C28H51N5O8. The number of primary amides is 1. The van der Waals surface area contributed by atoms with E-state index in [0.717, 1.165) is 0 Å². The summed E-state index contributed by atoms with van der Waals surface area (Å²) in [5.74, 6) is -3.72. The number of carboxylic acid groups (broad SMARTS) is 1. The molecule has 0 bridgehead atoms. The van der Waals surface area contributed by atoms with Gasteiger partial charge >= 0.3 is 11.9 Å². The zero-order valence-corrected chi connectivity index (χ0v) is 25.8. The van der Waals surface area contributed by atoms with Crippen molar-refractivity contribution < 1.29 is 38.6 Å². The predicted octanol–water partition coefficient (Wildman–Crippen LogP) is 0.636. The number of carbonyl (C=O) groups is 6. The first-order chi connectivity index (χ1) is 18.8. The van der Waals surface area contributed by atoms with Crippen molar-refractivity contribution in [1.82, 2.24) is 21.3 Å². The third-order valence-corrected chi connectivity index (χ3v) is 5.95. The largest absolute Gasteiger partial charge is 0.480 e. The van der Waals surface area contributed by atoms with Crippen LogP contribution in [0.1, 0.15) is 87.5 Å². The molecule has 4 atom stereocenters. The Kier molecular flexibility index (Phi) is 17.0. The van der Waals surface area contributed by atoms with E-state index in [1.165, 1.54) is 6.92 Å². The average molecular weight is 586 g/mol. The Balaban J connectivity index is 5.35. The van der Waals surface area contributed by atoms with E-state index in [2.05, 4.69) is 21.3 Å². The molecule has 0 aliphatic heterocycles. The molecule has 0 heterocycles. The Bertz CT molecular complexity index is 900. The number of amides is 3. The maximum atomic E-state index is 13.2.